The predicted molar refractivity (Wildman–Crippen MR) is 59.0 cm³/mol. The van der Waals surface area contributed by atoms with E-state index in [1.165, 1.54) is 36.4 Å². The molecule has 0 saturated carbocycles. The third-order valence-electron chi connectivity index (χ3n) is 2.09. The van der Waals surface area contributed by atoms with Crippen LogP contribution in [-0.4, -0.2) is 38.7 Å². The van der Waals surface area contributed by atoms with Crippen LogP contribution in [0.4, 0.5) is 0 Å². The zero-order valence-corrected chi connectivity index (χ0v) is 9.40. The largest absolute Gasteiger partial charge is 0.464 e. The van der Waals surface area contributed by atoms with E-state index in [1.54, 1.807) is 0 Å². The number of primary amides is 1. The summed E-state index contributed by atoms with van der Waals surface area (Å²) in [4.78, 5) is 30.0. The van der Waals surface area contributed by atoms with Crippen LogP contribution < -0.4 is 5.73 Å². The van der Waals surface area contributed by atoms with Gasteiger partial charge in [0.15, 0.2) is 11.5 Å². The van der Waals surface area contributed by atoms with Crippen LogP contribution in [0, 0.1) is 0 Å². The summed E-state index contributed by atoms with van der Waals surface area (Å²) in [6.45, 7) is 0. The molecule has 2 aromatic heterocycles. The molecular formula is C10H9N5O3. The number of aromatic nitrogens is 4. The van der Waals surface area contributed by atoms with Crippen molar-refractivity contribution in [1.29, 1.82) is 0 Å². The monoisotopic (exact) mass is 247 g/mol. The van der Waals surface area contributed by atoms with E-state index in [1.807, 2.05) is 0 Å². The highest BCUT2D eigenvalue weighted by molar-refractivity contribution is 5.90. The number of rotatable bonds is 3. The van der Waals surface area contributed by atoms with Crippen molar-refractivity contribution < 1.29 is 14.3 Å². The molecule has 8 nitrogen and oxygen atoms in total. The van der Waals surface area contributed by atoms with E-state index in [4.69, 9.17) is 5.73 Å². The van der Waals surface area contributed by atoms with Gasteiger partial charge < -0.3 is 10.5 Å². The van der Waals surface area contributed by atoms with E-state index in [0.29, 0.717) is 0 Å². The van der Waals surface area contributed by atoms with Crippen molar-refractivity contribution in [3.63, 3.8) is 0 Å². The molecule has 2 rings (SSSR count). The number of amides is 1. The highest BCUT2D eigenvalue weighted by atomic mass is 16.5. The first kappa shape index (κ1) is 11.7. The molecule has 92 valence electrons. The first-order chi connectivity index (χ1) is 8.61. The van der Waals surface area contributed by atoms with Gasteiger partial charge in [0, 0.05) is 6.20 Å². The molecule has 2 aromatic rings. The van der Waals surface area contributed by atoms with Crippen molar-refractivity contribution in [3.8, 4) is 5.82 Å². The van der Waals surface area contributed by atoms with Gasteiger partial charge in [-0.1, -0.05) is 0 Å². The second-order valence-electron chi connectivity index (χ2n) is 3.26. The lowest BCUT2D eigenvalue weighted by Gasteiger charge is -2.01. The Labute approximate surface area is 101 Å². The molecule has 0 saturated heterocycles. The fourth-order valence-corrected chi connectivity index (χ4v) is 1.25. The van der Waals surface area contributed by atoms with E-state index in [2.05, 4.69) is 19.8 Å². The molecule has 0 bridgehead atoms. The van der Waals surface area contributed by atoms with Gasteiger partial charge in [-0.05, 0) is 6.07 Å². The van der Waals surface area contributed by atoms with Crippen LogP contribution in [0.1, 0.15) is 21.0 Å². The number of methoxy groups -OCH3 is 1. The molecule has 18 heavy (non-hydrogen) atoms. The quantitative estimate of drug-likeness (QED) is 0.735. The molecule has 0 aromatic carbocycles. The molecule has 0 unspecified atom stereocenters. The number of nitrogens with zero attached hydrogens (tertiary/aromatic N) is 4. The van der Waals surface area contributed by atoms with Crippen molar-refractivity contribution in [2.75, 3.05) is 7.11 Å². The molecule has 2 heterocycles. The number of esters is 1. The Balaban J connectivity index is 2.38. The Morgan fingerprint density at radius 3 is 2.72 bits per heavy atom. The molecule has 0 fully saturated rings. The van der Waals surface area contributed by atoms with Gasteiger partial charge >= 0.3 is 5.97 Å². The van der Waals surface area contributed by atoms with Gasteiger partial charge in [-0.15, -0.1) is 0 Å². The Kier molecular flexibility index (Phi) is 3.00. The summed E-state index contributed by atoms with van der Waals surface area (Å²) in [6.07, 6.45) is 4.16. The van der Waals surface area contributed by atoms with Crippen molar-refractivity contribution in [1.82, 2.24) is 19.7 Å². The number of hydrogen-bond donors (Lipinski definition) is 1. The van der Waals surface area contributed by atoms with Crippen molar-refractivity contribution in [2.24, 2.45) is 5.73 Å². The average molecular weight is 247 g/mol. The number of carbonyl (C=O) groups excluding carboxylic acids is 2. The molecule has 0 aliphatic carbocycles. The molecule has 0 aliphatic rings. The first-order valence-electron chi connectivity index (χ1n) is 4.88. The van der Waals surface area contributed by atoms with Crippen LogP contribution in [0.5, 0.6) is 0 Å². The minimum Gasteiger partial charge on any atom is -0.464 e. The van der Waals surface area contributed by atoms with Crippen LogP contribution in [0.25, 0.3) is 5.82 Å². The average Bonchev–Trinajstić information content (AvgIpc) is 2.88. The van der Waals surface area contributed by atoms with E-state index in [9.17, 15) is 9.59 Å². The highest BCUT2D eigenvalue weighted by Crippen LogP contribution is 2.05. The molecule has 8 heteroatoms. The minimum absolute atomic E-state index is 0.0473. The van der Waals surface area contributed by atoms with Crippen LogP contribution in [0.2, 0.25) is 0 Å². The standard InChI is InChI=1S/C10H9N5O3/c1-18-10(17)7-4-12-5-8(13-7)15-3-2-6(14-15)9(11)16/h2-5H,1H3,(H2,11,16). The zero-order chi connectivity index (χ0) is 13.1. The molecule has 1 amide bonds. The maximum atomic E-state index is 11.3. The second-order valence-corrected chi connectivity index (χ2v) is 3.26. The Hall–Kier alpha value is -2.77. The summed E-state index contributed by atoms with van der Waals surface area (Å²) >= 11 is 0. The van der Waals surface area contributed by atoms with Gasteiger partial charge in [0.1, 0.15) is 5.69 Å². The van der Waals surface area contributed by atoms with Crippen LogP contribution >= 0.6 is 0 Å². The lowest BCUT2D eigenvalue weighted by Crippen LogP contribution is -2.13. The van der Waals surface area contributed by atoms with E-state index >= 15 is 0 Å². The Bertz CT molecular complexity index is 607. The number of carbonyl (C=O) groups is 2. The highest BCUT2D eigenvalue weighted by Gasteiger charge is 2.11. The summed E-state index contributed by atoms with van der Waals surface area (Å²) in [5, 5.41) is 3.89. The van der Waals surface area contributed by atoms with E-state index in [-0.39, 0.29) is 17.2 Å². The molecule has 2 N–H and O–H groups in total. The third kappa shape index (κ3) is 2.17. The summed E-state index contributed by atoms with van der Waals surface area (Å²) in [6, 6.07) is 1.44. The van der Waals surface area contributed by atoms with Crippen molar-refractivity contribution >= 4 is 11.9 Å². The minimum atomic E-state index is -0.647. The lowest BCUT2D eigenvalue weighted by molar-refractivity contribution is 0.0593. The fourth-order valence-electron chi connectivity index (χ4n) is 1.25. The number of hydrogen-bond acceptors (Lipinski definition) is 6. The van der Waals surface area contributed by atoms with Crippen molar-refractivity contribution in [2.45, 2.75) is 0 Å². The summed E-state index contributed by atoms with van der Waals surface area (Å²) < 4.78 is 5.82. The topological polar surface area (TPSA) is 113 Å². The van der Waals surface area contributed by atoms with Gasteiger partial charge in [0.05, 0.1) is 19.5 Å². The zero-order valence-electron chi connectivity index (χ0n) is 9.40. The van der Waals surface area contributed by atoms with E-state index in [0.717, 1.165) is 0 Å². The van der Waals surface area contributed by atoms with Gasteiger partial charge in [-0.25, -0.2) is 14.5 Å². The Morgan fingerprint density at radius 1 is 1.33 bits per heavy atom. The van der Waals surface area contributed by atoms with Crippen LogP contribution in [-0.2, 0) is 4.74 Å². The third-order valence-corrected chi connectivity index (χ3v) is 2.09. The van der Waals surface area contributed by atoms with Crippen LogP contribution in [0.15, 0.2) is 24.7 Å². The van der Waals surface area contributed by atoms with E-state index < -0.39 is 11.9 Å². The maximum absolute atomic E-state index is 11.3. The maximum Gasteiger partial charge on any atom is 0.358 e. The SMILES string of the molecule is COC(=O)c1cncc(-n2ccc(C(N)=O)n2)n1. The lowest BCUT2D eigenvalue weighted by atomic mass is 10.4. The molecule has 0 aliphatic heterocycles. The smallest absolute Gasteiger partial charge is 0.358 e. The summed E-state index contributed by atoms with van der Waals surface area (Å²) in [7, 11) is 1.25. The second kappa shape index (κ2) is 4.62. The molecule has 0 spiro atoms. The summed E-state index contributed by atoms with van der Waals surface area (Å²) in [5.74, 6) is -0.970. The molecule has 0 radical (unpaired) electrons. The first-order valence-corrected chi connectivity index (χ1v) is 4.88. The van der Waals surface area contributed by atoms with Crippen LogP contribution in [0.3, 0.4) is 0 Å². The van der Waals surface area contributed by atoms with Gasteiger partial charge in [0.2, 0.25) is 0 Å². The number of ether oxygens (including phenoxy) is 1. The summed E-state index contributed by atoms with van der Waals surface area (Å²) in [5.41, 5.74) is 5.22. The Morgan fingerprint density at radius 2 is 2.11 bits per heavy atom. The van der Waals surface area contributed by atoms with Gasteiger partial charge in [-0.3, -0.25) is 9.78 Å². The number of nitrogens with two attached hydrogens (primary N) is 1. The normalized spacial score (nSPS) is 10.1. The van der Waals surface area contributed by atoms with Crippen molar-refractivity contribution in [3.05, 3.63) is 36.0 Å². The fraction of sp³-hybridized carbons (Fsp3) is 0.100. The van der Waals surface area contributed by atoms with Gasteiger partial charge in [0.25, 0.3) is 5.91 Å². The molecular weight excluding hydrogens is 238 g/mol. The molecule has 0 atom stereocenters. The van der Waals surface area contributed by atoms with Gasteiger partial charge in [-0.2, -0.15) is 5.10 Å². The predicted octanol–water partition coefficient (Wildman–Crippen LogP) is -0.452.